The molecule has 1 N–H and O–H groups in total. The fraction of sp³-hybridized carbons (Fsp3) is 0.667. The molecule has 0 aliphatic heterocycles. The molecule has 1 heterocycles. The first kappa shape index (κ1) is 15.0. The molecule has 0 bridgehead atoms. The van der Waals surface area contributed by atoms with Crippen LogP contribution in [0.1, 0.15) is 13.8 Å². The summed E-state index contributed by atoms with van der Waals surface area (Å²) in [4.78, 5) is 16.1. The third-order valence-electron chi connectivity index (χ3n) is 2.31. The molecule has 18 heavy (non-hydrogen) atoms. The fourth-order valence-corrected chi connectivity index (χ4v) is 1.76. The molecular weight excluding hydrogens is 254 g/mol. The van der Waals surface area contributed by atoms with Gasteiger partial charge < -0.3 is 14.6 Å². The summed E-state index contributed by atoms with van der Waals surface area (Å²) in [7, 11) is 1.59. The molecule has 1 unspecified atom stereocenters. The lowest BCUT2D eigenvalue weighted by Gasteiger charge is -2.12. The normalized spacial score (nSPS) is 12.7. The number of methoxy groups -OCH3 is 1. The molecule has 0 radical (unpaired) electrons. The molecule has 6 heteroatoms. The maximum atomic E-state index is 12.0. The number of hydrogen-bond acceptors (Lipinski definition) is 4. The van der Waals surface area contributed by atoms with Crippen molar-refractivity contribution in [2.45, 2.75) is 25.8 Å². The minimum absolute atomic E-state index is 0.118. The van der Waals surface area contributed by atoms with Crippen molar-refractivity contribution in [3.63, 3.8) is 0 Å². The Bertz CT molecular complexity index is 420. The SMILES string of the molecule is COCC(Cl)CNc1nccn(CC(C)C)c1=O. The van der Waals surface area contributed by atoms with Crippen LogP contribution in [0.15, 0.2) is 17.2 Å². The van der Waals surface area contributed by atoms with Gasteiger partial charge in [-0.3, -0.25) is 4.79 Å². The number of alkyl halides is 1. The van der Waals surface area contributed by atoms with Crippen LogP contribution in [0.5, 0.6) is 0 Å². The largest absolute Gasteiger partial charge is 0.383 e. The van der Waals surface area contributed by atoms with Crippen molar-refractivity contribution in [2.75, 3.05) is 25.6 Å². The Labute approximate surface area is 112 Å². The van der Waals surface area contributed by atoms with Gasteiger partial charge in [-0.15, -0.1) is 11.6 Å². The standard InChI is InChI=1S/C12H20ClN3O2/c1-9(2)7-16-5-4-14-11(12(16)17)15-6-10(13)8-18-3/h4-5,9-10H,6-8H2,1-3H3,(H,14,15). The molecule has 102 valence electrons. The minimum atomic E-state index is -0.185. The Hall–Kier alpha value is -1.07. The number of anilines is 1. The van der Waals surface area contributed by atoms with Gasteiger partial charge in [-0.2, -0.15) is 0 Å². The minimum Gasteiger partial charge on any atom is -0.383 e. The van der Waals surface area contributed by atoms with Crippen LogP contribution < -0.4 is 10.9 Å². The van der Waals surface area contributed by atoms with Gasteiger partial charge in [0.2, 0.25) is 0 Å². The highest BCUT2D eigenvalue weighted by atomic mass is 35.5. The Morgan fingerprint density at radius 1 is 1.56 bits per heavy atom. The number of nitrogens with zero attached hydrogens (tertiary/aromatic N) is 2. The van der Waals surface area contributed by atoms with E-state index >= 15 is 0 Å². The van der Waals surface area contributed by atoms with Crippen LogP contribution in [0.3, 0.4) is 0 Å². The number of rotatable bonds is 7. The molecule has 0 amide bonds. The summed E-state index contributed by atoms with van der Waals surface area (Å²) >= 11 is 5.98. The molecule has 0 fully saturated rings. The van der Waals surface area contributed by atoms with Gasteiger partial charge in [0, 0.05) is 32.6 Å². The lowest BCUT2D eigenvalue weighted by atomic mass is 10.2. The molecule has 1 rings (SSSR count). The third kappa shape index (κ3) is 4.66. The summed E-state index contributed by atoms with van der Waals surface area (Å²) in [5.74, 6) is 0.743. The van der Waals surface area contributed by atoms with E-state index in [4.69, 9.17) is 16.3 Å². The van der Waals surface area contributed by atoms with Crippen LogP contribution in [0.4, 0.5) is 5.82 Å². The van der Waals surface area contributed by atoms with Crippen LogP contribution in [0, 0.1) is 5.92 Å². The second-order valence-corrected chi connectivity index (χ2v) is 5.18. The van der Waals surface area contributed by atoms with Gasteiger partial charge in [0.05, 0.1) is 12.0 Å². The Morgan fingerprint density at radius 2 is 2.28 bits per heavy atom. The summed E-state index contributed by atoms with van der Waals surface area (Å²) in [5.41, 5.74) is -0.118. The first-order chi connectivity index (χ1) is 8.54. The van der Waals surface area contributed by atoms with Gasteiger partial charge in [-0.25, -0.2) is 4.98 Å². The maximum absolute atomic E-state index is 12.0. The number of nitrogens with one attached hydrogen (secondary N) is 1. The summed E-state index contributed by atoms with van der Waals surface area (Å²) in [5, 5.41) is 2.77. The number of halogens is 1. The Morgan fingerprint density at radius 3 is 2.89 bits per heavy atom. The predicted molar refractivity (Wildman–Crippen MR) is 73.3 cm³/mol. The average Bonchev–Trinajstić information content (AvgIpc) is 2.30. The third-order valence-corrected chi connectivity index (χ3v) is 2.59. The number of aromatic nitrogens is 2. The molecule has 0 spiro atoms. The molecule has 0 saturated carbocycles. The zero-order valence-electron chi connectivity index (χ0n) is 11.0. The van der Waals surface area contributed by atoms with Gasteiger partial charge in [-0.1, -0.05) is 13.8 Å². The van der Waals surface area contributed by atoms with E-state index in [1.807, 2.05) is 0 Å². The second-order valence-electron chi connectivity index (χ2n) is 4.56. The van der Waals surface area contributed by atoms with Crippen molar-refractivity contribution in [3.05, 3.63) is 22.7 Å². The Kier molecular flexibility index (Phi) is 6.15. The second kappa shape index (κ2) is 7.38. The number of hydrogen-bond donors (Lipinski definition) is 1. The molecular formula is C12H20ClN3O2. The lowest BCUT2D eigenvalue weighted by Crippen LogP contribution is -2.28. The van der Waals surface area contributed by atoms with Crippen molar-refractivity contribution in [1.29, 1.82) is 0 Å². The summed E-state index contributed by atoms with van der Waals surface area (Å²) in [6, 6.07) is 0. The van der Waals surface area contributed by atoms with Crippen LogP contribution in [0.25, 0.3) is 0 Å². The van der Waals surface area contributed by atoms with Gasteiger partial charge in [-0.05, 0) is 5.92 Å². The fourth-order valence-electron chi connectivity index (χ4n) is 1.55. The van der Waals surface area contributed by atoms with E-state index in [1.54, 1.807) is 24.1 Å². The summed E-state index contributed by atoms with van der Waals surface area (Å²) in [6.45, 7) is 5.68. The zero-order chi connectivity index (χ0) is 13.5. The lowest BCUT2D eigenvalue weighted by molar-refractivity contribution is 0.200. The van der Waals surface area contributed by atoms with Crippen molar-refractivity contribution in [2.24, 2.45) is 5.92 Å². The molecule has 5 nitrogen and oxygen atoms in total. The molecule has 0 saturated heterocycles. The molecule has 1 aromatic rings. The van der Waals surface area contributed by atoms with E-state index in [0.717, 1.165) is 0 Å². The van der Waals surface area contributed by atoms with Crippen molar-refractivity contribution in [3.8, 4) is 0 Å². The van der Waals surface area contributed by atoms with Gasteiger partial charge in [0.15, 0.2) is 5.82 Å². The first-order valence-electron chi connectivity index (χ1n) is 5.97. The monoisotopic (exact) mass is 273 g/mol. The zero-order valence-corrected chi connectivity index (χ0v) is 11.8. The van der Waals surface area contributed by atoms with Crippen molar-refractivity contribution < 1.29 is 4.74 Å². The van der Waals surface area contributed by atoms with Gasteiger partial charge >= 0.3 is 0 Å². The topological polar surface area (TPSA) is 56.1 Å². The number of ether oxygens (including phenoxy) is 1. The quantitative estimate of drug-likeness (QED) is 0.766. The molecule has 0 aromatic carbocycles. The van der Waals surface area contributed by atoms with E-state index < -0.39 is 0 Å². The van der Waals surface area contributed by atoms with E-state index in [2.05, 4.69) is 24.1 Å². The van der Waals surface area contributed by atoms with E-state index in [-0.39, 0.29) is 10.9 Å². The summed E-state index contributed by atoms with van der Waals surface area (Å²) < 4.78 is 6.58. The smallest absolute Gasteiger partial charge is 0.293 e. The van der Waals surface area contributed by atoms with Crippen LogP contribution in [-0.4, -0.2) is 35.2 Å². The Balaban J connectivity index is 2.69. The predicted octanol–water partition coefficient (Wildman–Crippen LogP) is 1.56. The van der Waals surface area contributed by atoms with Crippen LogP contribution >= 0.6 is 11.6 Å². The highest BCUT2D eigenvalue weighted by Gasteiger charge is 2.08. The van der Waals surface area contributed by atoms with E-state index in [1.165, 1.54) is 0 Å². The first-order valence-corrected chi connectivity index (χ1v) is 6.40. The maximum Gasteiger partial charge on any atom is 0.293 e. The van der Waals surface area contributed by atoms with Crippen molar-refractivity contribution >= 4 is 17.4 Å². The highest BCUT2D eigenvalue weighted by molar-refractivity contribution is 6.21. The highest BCUT2D eigenvalue weighted by Crippen LogP contribution is 2.01. The average molecular weight is 274 g/mol. The van der Waals surface area contributed by atoms with E-state index in [0.29, 0.717) is 31.4 Å². The van der Waals surface area contributed by atoms with E-state index in [9.17, 15) is 4.79 Å². The molecule has 1 atom stereocenters. The van der Waals surface area contributed by atoms with Gasteiger partial charge in [0.1, 0.15) is 0 Å². The summed E-state index contributed by atoms with van der Waals surface area (Å²) in [6.07, 6.45) is 3.31. The molecule has 1 aromatic heterocycles. The van der Waals surface area contributed by atoms with Crippen LogP contribution in [0.2, 0.25) is 0 Å². The van der Waals surface area contributed by atoms with Crippen molar-refractivity contribution in [1.82, 2.24) is 9.55 Å². The van der Waals surface area contributed by atoms with Gasteiger partial charge in [0.25, 0.3) is 5.56 Å². The molecule has 0 aliphatic carbocycles. The molecule has 0 aliphatic rings. The van der Waals surface area contributed by atoms with Crippen LogP contribution in [-0.2, 0) is 11.3 Å².